The first-order chi connectivity index (χ1) is 6.87. The van der Waals surface area contributed by atoms with Gasteiger partial charge in [-0.05, 0) is 52.8 Å². The summed E-state index contributed by atoms with van der Waals surface area (Å²) in [5.74, 6) is 0. The van der Waals surface area contributed by atoms with Crippen molar-refractivity contribution in [3.05, 3.63) is 36.0 Å². The van der Waals surface area contributed by atoms with Crippen LogP contribution in [0.4, 0.5) is 0 Å². The van der Waals surface area contributed by atoms with Gasteiger partial charge >= 0.3 is 0 Å². The molecule has 1 fully saturated rings. The van der Waals surface area contributed by atoms with E-state index in [1.165, 1.54) is 25.0 Å². The molecule has 1 aliphatic rings. The van der Waals surface area contributed by atoms with Gasteiger partial charge in [0.05, 0.1) is 0 Å². The van der Waals surface area contributed by atoms with Gasteiger partial charge in [0.25, 0.3) is 0 Å². The van der Waals surface area contributed by atoms with Gasteiger partial charge in [0.2, 0.25) is 0 Å². The standard InChI is InChI=1S/C14H23N/c1-11(2)13(12(3)4)10-14(5)8-7-9-15(14)6/h10H,1,3,7-9H2,2,4-6H3. The zero-order valence-electron chi connectivity index (χ0n) is 10.6. The highest BCUT2D eigenvalue weighted by Gasteiger charge is 2.32. The average molecular weight is 205 g/mol. The minimum Gasteiger partial charge on any atom is -0.297 e. The van der Waals surface area contributed by atoms with Crippen molar-refractivity contribution in [1.82, 2.24) is 4.90 Å². The zero-order valence-corrected chi connectivity index (χ0v) is 10.6. The Morgan fingerprint density at radius 1 is 1.27 bits per heavy atom. The summed E-state index contributed by atoms with van der Waals surface area (Å²) in [7, 11) is 2.19. The average Bonchev–Trinajstić information content (AvgIpc) is 2.43. The Bertz CT molecular complexity index is 295. The Morgan fingerprint density at radius 2 is 1.80 bits per heavy atom. The Hall–Kier alpha value is -0.820. The molecule has 0 radical (unpaired) electrons. The lowest BCUT2D eigenvalue weighted by Crippen LogP contribution is -2.36. The molecule has 1 atom stereocenters. The van der Waals surface area contributed by atoms with E-state index < -0.39 is 0 Å². The van der Waals surface area contributed by atoms with Crippen LogP contribution in [0.5, 0.6) is 0 Å². The van der Waals surface area contributed by atoms with E-state index in [4.69, 9.17) is 0 Å². The van der Waals surface area contributed by atoms with Crippen LogP contribution in [-0.2, 0) is 0 Å². The van der Waals surface area contributed by atoms with Crippen molar-refractivity contribution in [3.8, 4) is 0 Å². The van der Waals surface area contributed by atoms with Crippen LogP contribution in [0, 0.1) is 0 Å². The van der Waals surface area contributed by atoms with Crippen LogP contribution in [0.3, 0.4) is 0 Å². The van der Waals surface area contributed by atoms with Crippen LogP contribution in [0.15, 0.2) is 36.0 Å². The Balaban J connectivity index is 3.01. The van der Waals surface area contributed by atoms with Crippen molar-refractivity contribution in [1.29, 1.82) is 0 Å². The van der Waals surface area contributed by atoms with E-state index in [0.717, 1.165) is 11.1 Å². The maximum atomic E-state index is 4.03. The summed E-state index contributed by atoms with van der Waals surface area (Å²) in [6.07, 6.45) is 4.85. The first-order valence-electron chi connectivity index (χ1n) is 5.63. The molecule has 0 aromatic carbocycles. The fourth-order valence-electron chi connectivity index (χ4n) is 2.22. The van der Waals surface area contributed by atoms with E-state index in [1.807, 2.05) is 0 Å². The van der Waals surface area contributed by atoms with Gasteiger partial charge in [0.15, 0.2) is 0 Å². The molecule has 0 aromatic heterocycles. The van der Waals surface area contributed by atoms with Gasteiger partial charge in [-0.1, -0.05) is 30.4 Å². The zero-order chi connectivity index (χ0) is 11.6. The first-order valence-corrected chi connectivity index (χ1v) is 5.63. The quantitative estimate of drug-likeness (QED) is 0.637. The van der Waals surface area contributed by atoms with Crippen LogP contribution in [0.1, 0.15) is 33.6 Å². The summed E-state index contributed by atoms with van der Waals surface area (Å²) in [4.78, 5) is 2.42. The lowest BCUT2D eigenvalue weighted by atomic mass is 9.91. The normalized spacial score (nSPS) is 26.4. The predicted octanol–water partition coefficient (Wildman–Crippen LogP) is 3.55. The number of allylic oxidation sites excluding steroid dienone is 3. The monoisotopic (exact) mass is 205 g/mol. The van der Waals surface area contributed by atoms with Gasteiger partial charge in [-0.3, -0.25) is 4.90 Å². The third-order valence-electron chi connectivity index (χ3n) is 3.42. The Morgan fingerprint density at radius 3 is 2.13 bits per heavy atom. The van der Waals surface area contributed by atoms with Crippen LogP contribution in [-0.4, -0.2) is 24.0 Å². The van der Waals surface area contributed by atoms with Crippen LogP contribution >= 0.6 is 0 Å². The van der Waals surface area contributed by atoms with Crippen molar-refractivity contribution in [2.75, 3.05) is 13.6 Å². The van der Waals surface area contributed by atoms with E-state index in [0.29, 0.717) is 0 Å². The lowest BCUT2D eigenvalue weighted by Gasteiger charge is -2.30. The molecule has 0 saturated carbocycles. The molecule has 0 aliphatic carbocycles. The summed E-state index contributed by atoms with van der Waals surface area (Å²) in [5, 5.41) is 0. The highest BCUT2D eigenvalue weighted by atomic mass is 15.2. The molecule has 1 saturated heterocycles. The Labute approximate surface area is 94.2 Å². The maximum Gasteiger partial charge on any atom is 0.0369 e. The van der Waals surface area contributed by atoms with Crippen molar-refractivity contribution in [2.45, 2.75) is 39.2 Å². The molecule has 1 nitrogen and oxygen atoms in total. The molecule has 0 amide bonds. The van der Waals surface area contributed by atoms with E-state index >= 15 is 0 Å². The van der Waals surface area contributed by atoms with E-state index in [9.17, 15) is 0 Å². The van der Waals surface area contributed by atoms with Crippen molar-refractivity contribution < 1.29 is 0 Å². The third-order valence-corrected chi connectivity index (χ3v) is 3.42. The first kappa shape index (κ1) is 12.3. The Kier molecular flexibility index (Phi) is 3.56. The van der Waals surface area contributed by atoms with Gasteiger partial charge in [0, 0.05) is 5.54 Å². The lowest BCUT2D eigenvalue weighted by molar-refractivity contribution is 0.251. The number of nitrogens with zero attached hydrogens (tertiary/aromatic N) is 1. The van der Waals surface area contributed by atoms with Crippen molar-refractivity contribution >= 4 is 0 Å². The smallest absolute Gasteiger partial charge is 0.0369 e. The summed E-state index contributed by atoms with van der Waals surface area (Å²) >= 11 is 0. The molecule has 0 N–H and O–H groups in total. The second-order valence-electron chi connectivity index (χ2n) is 5.00. The number of likely N-dealkylation sites (N-methyl/N-ethyl adjacent to an activating group) is 1. The van der Waals surface area contributed by atoms with Gasteiger partial charge in [0.1, 0.15) is 0 Å². The van der Waals surface area contributed by atoms with Gasteiger partial charge in [-0.15, -0.1) is 0 Å². The number of likely N-dealkylation sites (tertiary alicyclic amines) is 1. The van der Waals surface area contributed by atoms with Crippen LogP contribution in [0.25, 0.3) is 0 Å². The van der Waals surface area contributed by atoms with Gasteiger partial charge in [-0.2, -0.15) is 0 Å². The van der Waals surface area contributed by atoms with Crippen LogP contribution < -0.4 is 0 Å². The predicted molar refractivity (Wildman–Crippen MR) is 68.0 cm³/mol. The van der Waals surface area contributed by atoms with E-state index in [2.05, 4.69) is 52.0 Å². The molecule has 1 rings (SSSR count). The molecule has 0 spiro atoms. The van der Waals surface area contributed by atoms with Gasteiger partial charge in [-0.25, -0.2) is 0 Å². The van der Waals surface area contributed by atoms with Crippen molar-refractivity contribution in [2.24, 2.45) is 0 Å². The summed E-state index contributed by atoms with van der Waals surface area (Å²) < 4.78 is 0. The molecular formula is C14H23N. The number of rotatable bonds is 3. The molecule has 1 unspecified atom stereocenters. The second-order valence-corrected chi connectivity index (χ2v) is 5.00. The fraction of sp³-hybridized carbons (Fsp3) is 0.571. The minimum atomic E-state index is 0.188. The van der Waals surface area contributed by atoms with Crippen molar-refractivity contribution in [3.63, 3.8) is 0 Å². The van der Waals surface area contributed by atoms with Gasteiger partial charge < -0.3 is 0 Å². The molecule has 15 heavy (non-hydrogen) atoms. The SMILES string of the molecule is C=C(C)C(=CC1(C)CCCN1C)C(=C)C. The molecule has 0 bridgehead atoms. The molecule has 1 heteroatoms. The molecule has 1 heterocycles. The third kappa shape index (κ3) is 2.60. The highest BCUT2D eigenvalue weighted by Crippen LogP contribution is 2.32. The topological polar surface area (TPSA) is 3.24 Å². The molecule has 1 aliphatic heterocycles. The maximum absolute atomic E-state index is 4.03. The van der Waals surface area contributed by atoms with E-state index in [-0.39, 0.29) is 5.54 Å². The second kappa shape index (κ2) is 4.36. The largest absolute Gasteiger partial charge is 0.297 e. The summed E-state index contributed by atoms with van der Waals surface area (Å²) in [6, 6.07) is 0. The van der Waals surface area contributed by atoms with Crippen LogP contribution in [0.2, 0.25) is 0 Å². The van der Waals surface area contributed by atoms with E-state index in [1.54, 1.807) is 0 Å². The molecule has 0 aromatic rings. The number of hydrogen-bond donors (Lipinski definition) is 0. The fourth-order valence-corrected chi connectivity index (χ4v) is 2.22. The minimum absolute atomic E-state index is 0.188. The summed E-state index contributed by atoms with van der Waals surface area (Å²) in [6.45, 7) is 15.6. The summed E-state index contributed by atoms with van der Waals surface area (Å²) in [5.41, 5.74) is 3.65. The highest BCUT2D eigenvalue weighted by molar-refractivity contribution is 5.43. The molecular weight excluding hydrogens is 182 g/mol. The number of hydrogen-bond acceptors (Lipinski definition) is 1. The molecule has 84 valence electrons.